The molecule has 2 unspecified atom stereocenters. The minimum absolute atomic E-state index is 0.159. The zero-order chi connectivity index (χ0) is 14.7. The van der Waals surface area contributed by atoms with Crippen LogP contribution in [0.2, 0.25) is 0 Å². The molecule has 1 heterocycles. The number of aliphatic hydroxyl groups is 1. The lowest BCUT2D eigenvalue weighted by atomic mass is 9.91. The van der Waals surface area contributed by atoms with Crippen molar-refractivity contribution in [3.05, 3.63) is 65.7 Å². The number of ether oxygens (including phenoxy) is 2. The Hall–Kier alpha value is -2.26. The van der Waals surface area contributed by atoms with Crippen LogP contribution in [0.3, 0.4) is 0 Å². The van der Waals surface area contributed by atoms with Crippen LogP contribution in [0.15, 0.2) is 54.6 Å². The predicted molar refractivity (Wildman–Crippen MR) is 82.5 cm³/mol. The summed E-state index contributed by atoms with van der Waals surface area (Å²) in [4.78, 5) is 0. The van der Waals surface area contributed by atoms with Crippen LogP contribution in [0, 0.1) is 0 Å². The average molecular weight is 282 g/mol. The lowest BCUT2D eigenvalue weighted by Crippen LogP contribution is -2.24. The number of benzene rings is 2. The molecular formula is C18H18O3. The highest BCUT2D eigenvalue weighted by Crippen LogP contribution is 2.36. The molecule has 0 spiro atoms. The maximum absolute atomic E-state index is 9.82. The number of para-hydroxylation sites is 1. The molecule has 1 N–H and O–H groups in total. The van der Waals surface area contributed by atoms with E-state index in [9.17, 15) is 5.11 Å². The normalized spacial score (nSPS) is 20.9. The van der Waals surface area contributed by atoms with Crippen molar-refractivity contribution >= 4 is 6.08 Å². The van der Waals surface area contributed by atoms with Gasteiger partial charge >= 0.3 is 0 Å². The van der Waals surface area contributed by atoms with Crippen molar-refractivity contribution in [2.24, 2.45) is 0 Å². The SMILES string of the molecule is COc1ccc(/C=C/C2CC(O)Oc3ccccc32)cc1. The summed E-state index contributed by atoms with van der Waals surface area (Å²) in [6, 6.07) is 15.7. The van der Waals surface area contributed by atoms with E-state index in [1.165, 1.54) is 0 Å². The summed E-state index contributed by atoms with van der Waals surface area (Å²) >= 11 is 0. The van der Waals surface area contributed by atoms with Gasteiger partial charge in [0.05, 0.1) is 7.11 Å². The van der Waals surface area contributed by atoms with Gasteiger partial charge in [-0.1, -0.05) is 42.5 Å². The molecule has 0 aliphatic carbocycles. The number of fused-ring (bicyclic) bond motifs is 1. The Morgan fingerprint density at radius 2 is 1.90 bits per heavy atom. The third kappa shape index (κ3) is 3.09. The number of allylic oxidation sites excluding steroid dienone is 1. The lowest BCUT2D eigenvalue weighted by molar-refractivity contribution is -0.0353. The Labute approximate surface area is 124 Å². The molecule has 0 bridgehead atoms. The van der Waals surface area contributed by atoms with Crippen molar-refractivity contribution in [1.82, 2.24) is 0 Å². The summed E-state index contributed by atoms with van der Waals surface area (Å²) in [7, 11) is 1.66. The van der Waals surface area contributed by atoms with Crippen LogP contribution in [0.5, 0.6) is 11.5 Å². The Kier molecular flexibility index (Phi) is 3.93. The summed E-state index contributed by atoms with van der Waals surface area (Å²) in [6.45, 7) is 0. The number of methoxy groups -OCH3 is 1. The molecule has 0 aromatic heterocycles. The molecule has 0 amide bonds. The Balaban J connectivity index is 1.82. The largest absolute Gasteiger partial charge is 0.497 e. The van der Waals surface area contributed by atoms with Gasteiger partial charge in [0, 0.05) is 17.9 Å². The van der Waals surface area contributed by atoms with E-state index >= 15 is 0 Å². The fourth-order valence-electron chi connectivity index (χ4n) is 2.56. The average Bonchev–Trinajstić information content (AvgIpc) is 2.53. The smallest absolute Gasteiger partial charge is 0.198 e. The molecule has 0 saturated heterocycles. The minimum Gasteiger partial charge on any atom is -0.497 e. The van der Waals surface area contributed by atoms with E-state index in [0.29, 0.717) is 6.42 Å². The van der Waals surface area contributed by atoms with Crippen LogP contribution in [-0.4, -0.2) is 18.5 Å². The molecule has 21 heavy (non-hydrogen) atoms. The van der Waals surface area contributed by atoms with Gasteiger partial charge in [-0.25, -0.2) is 0 Å². The van der Waals surface area contributed by atoms with E-state index in [2.05, 4.69) is 12.2 Å². The molecule has 0 saturated carbocycles. The van der Waals surface area contributed by atoms with Crippen LogP contribution < -0.4 is 9.47 Å². The highest BCUT2D eigenvalue weighted by atomic mass is 16.6. The summed E-state index contributed by atoms with van der Waals surface area (Å²) in [5.74, 6) is 1.77. The third-order valence-corrected chi connectivity index (χ3v) is 3.67. The summed E-state index contributed by atoms with van der Waals surface area (Å²) < 4.78 is 10.6. The first-order valence-electron chi connectivity index (χ1n) is 7.02. The van der Waals surface area contributed by atoms with Crippen LogP contribution in [0.4, 0.5) is 0 Å². The Morgan fingerprint density at radius 3 is 2.67 bits per heavy atom. The van der Waals surface area contributed by atoms with E-state index in [1.807, 2.05) is 48.5 Å². The molecule has 2 aromatic carbocycles. The standard InChI is InChI=1S/C18H18O3/c1-20-15-10-7-13(8-11-15)6-9-14-12-18(19)21-17-5-3-2-4-16(14)17/h2-11,14,18-19H,12H2,1H3/b9-6+. The number of hydrogen-bond acceptors (Lipinski definition) is 3. The molecule has 3 heteroatoms. The quantitative estimate of drug-likeness (QED) is 0.935. The van der Waals surface area contributed by atoms with Gasteiger partial charge in [-0.3, -0.25) is 0 Å². The second-order valence-electron chi connectivity index (χ2n) is 5.08. The van der Waals surface area contributed by atoms with Gasteiger partial charge in [-0.2, -0.15) is 0 Å². The monoisotopic (exact) mass is 282 g/mol. The maximum atomic E-state index is 9.82. The zero-order valence-electron chi connectivity index (χ0n) is 11.9. The Morgan fingerprint density at radius 1 is 1.14 bits per heavy atom. The van der Waals surface area contributed by atoms with Gasteiger partial charge in [0.25, 0.3) is 0 Å². The van der Waals surface area contributed by atoms with E-state index < -0.39 is 6.29 Å². The van der Waals surface area contributed by atoms with Gasteiger partial charge in [-0.15, -0.1) is 0 Å². The molecule has 0 radical (unpaired) electrons. The van der Waals surface area contributed by atoms with Crippen molar-refractivity contribution in [2.45, 2.75) is 18.6 Å². The van der Waals surface area contributed by atoms with Crippen LogP contribution >= 0.6 is 0 Å². The predicted octanol–water partition coefficient (Wildman–Crippen LogP) is 3.59. The lowest BCUT2D eigenvalue weighted by Gasteiger charge is -2.27. The summed E-state index contributed by atoms with van der Waals surface area (Å²) in [5, 5.41) is 9.82. The molecule has 3 nitrogen and oxygen atoms in total. The van der Waals surface area contributed by atoms with Gasteiger partial charge in [0.15, 0.2) is 6.29 Å². The zero-order valence-corrected chi connectivity index (χ0v) is 11.9. The van der Waals surface area contributed by atoms with Gasteiger partial charge in [0.2, 0.25) is 0 Å². The van der Waals surface area contributed by atoms with Crippen molar-refractivity contribution in [3.8, 4) is 11.5 Å². The highest BCUT2D eigenvalue weighted by Gasteiger charge is 2.24. The summed E-state index contributed by atoms with van der Waals surface area (Å²) in [5.41, 5.74) is 2.22. The van der Waals surface area contributed by atoms with Gasteiger partial charge < -0.3 is 14.6 Å². The van der Waals surface area contributed by atoms with E-state index in [-0.39, 0.29) is 5.92 Å². The van der Waals surface area contributed by atoms with Crippen molar-refractivity contribution in [1.29, 1.82) is 0 Å². The van der Waals surface area contributed by atoms with Gasteiger partial charge in [-0.05, 0) is 23.8 Å². The number of hydrogen-bond donors (Lipinski definition) is 1. The topological polar surface area (TPSA) is 38.7 Å². The fourth-order valence-corrected chi connectivity index (χ4v) is 2.56. The number of aliphatic hydroxyl groups excluding tert-OH is 1. The maximum Gasteiger partial charge on any atom is 0.198 e. The van der Waals surface area contributed by atoms with Crippen LogP contribution in [0.25, 0.3) is 6.08 Å². The number of rotatable bonds is 3. The molecule has 108 valence electrons. The second-order valence-corrected chi connectivity index (χ2v) is 5.08. The molecule has 0 fully saturated rings. The summed E-state index contributed by atoms with van der Waals surface area (Å²) in [6.07, 6.45) is 4.01. The fraction of sp³-hybridized carbons (Fsp3) is 0.222. The van der Waals surface area contributed by atoms with E-state index in [1.54, 1.807) is 7.11 Å². The Bertz CT molecular complexity index is 631. The van der Waals surface area contributed by atoms with Crippen LogP contribution in [-0.2, 0) is 0 Å². The second kappa shape index (κ2) is 6.02. The van der Waals surface area contributed by atoms with Crippen molar-refractivity contribution in [3.63, 3.8) is 0 Å². The minimum atomic E-state index is -0.745. The third-order valence-electron chi connectivity index (χ3n) is 3.67. The molecule has 1 aliphatic heterocycles. The first-order chi connectivity index (χ1) is 10.3. The molecule has 1 aliphatic rings. The van der Waals surface area contributed by atoms with Crippen molar-refractivity contribution < 1.29 is 14.6 Å². The molecule has 2 aromatic rings. The van der Waals surface area contributed by atoms with Crippen LogP contribution in [0.1, 0.15) is 23.5 Å². The molecule has 2 atom stereocenters. The molecule has 3 rings (SSSR count). The van der Waals surface area contributed by atoms with E-state index in [0.717, 1.165) is 22.6 Å². The first-order valence-corrected chi connectivity index (χ1v) is 7.02. The highest BCUT2D eigenvalue weighted by molar-refractivity contribution is 5.53. The molecular weight excluding hydrogens is 264 g/mol. The first kappa shape index (κ1) is 13.7. The van der Waals surface area contributed by atoms with E-state index in [4.69, 9.17) is 9.47 Å². The van der Waals surface area contributed by atoms with Crippen molar-refractivity contribution in [2.75, 3.05) is 7.11 Å². The van der Waals surface area contributed by atoms with Gasteiger partial charge in [0.1, 0.15) is 11.5 Å².